The minimum Gasteiger partial charge on any atom is -0.504 e. The first-order valence-electron chi connectivity index (χ1n) is 10.3. The molecule has 1 aliphatic rings. The van der Waals surface area contributed by atoms with E-state index >= 15 is 0 Å². The number of methoxy groups -OCH3 is 1. The van der Waals surface area contributed by atoms with Crippen LogP contribution in [0.25, 0.3) is 16.9 Å². The largest absolute Gasteiger partial charge is 0.504 e. The van der Waals surface area contributed by atoms with Gasteiger partial charge in [-0.1, -0.05) is 54.6 Å². The molecule has 33 heavy (non-hydrogen) atoms. The molecule has 3 aromatic carbocycles. The maximum Gasteiger partial charge on any atom is 0.229 e. The fourth-order valence-corrected chi connectivity index (χ4v) is 4.10. The van der Waals surface area contributed by atoms with Gasteiger partial charge in [-0.25, -0.2) is 0 Å². The second kappa shape index (κ2) is 8.09. The van der Waals surface area contributed by atoms with Crippen molar-refractivity contribution in [1.29, 1.82) is 5.26 Å². The minimum absolute atomic E-state index is 0.00672. The molecule has 0 amide bonds. The number of nitrogens with two attached hydrogens (primary N) is 1. The molecule has 0 radical (unpaired) electrons. The Hall–Kier alpha value is -4.70. The van der Waals surface area contributed by atoms with Crippen molar-refractivity contribution < 1.29 is 14.6 Å². The maximum atomic E-state index is 10.1. The van der Waals surface area contributed by atoms with Gasteiger partial charge in [0.05, 0.1) is 24.3 Å². The van der Waals surface area contributed by atoms with Crippen molar-refractivity contribution in [3.8, 4) is 40.4 Å². The van der Waals surface area contributed by atoms with Gasteiger partial charge in [0.15, 0.2) is 11.5 Å². The summed E-state index contributed by atoms with van der Waals surface area (Å²) in [4.78, 5) is 0. The smallest absolute Gasteiger partial charge is 0.229 e. The van der Waals surface area contributed by atoms with Crippen molar-refractivity contribution in [3.63, 3.8) is 0 Å². The molecule has 0 spiro atoms. The van der Waals surface area contributed by atoms with Gasteiger partial charge in [-0.3, -0.25) is 0 Å². The summed E-state index contributed by atoms with van der Waals surface area (Å²) >= 11 is 0. The Morgan fingerprint density at radius 3 is 2.42 bits per heavy atom. The number of aromatic nitrogens is 2. The molecule has 2 heterocycles. The van der Waals surface area contributed by atoms with E-state index in [2.05, 4.69) is 6.07 Å². The summed E-state index contributed by atoms with van der Waals surface area (Å²) in [6.45, 7) is 0. The Labute approximate surface area is 190 Å². The van der Waals surface area contributed by atoms with Gasteiger partial charge >= 0.3 is 0 Å². The molecule has 162 valence electrons. The first kappa shape index (κ1) is 20.2. The van der Waals surface area contributed by atoms with Gasteiger partial charge in [0.2, 0.25) is 11.8 Å². The third kappa shape index (κ3) is 3.34. The van der Waals surface area contributed by atoms with Crippen LogP contribution < -0.4 is 15.2 Å². The van der Waals surface area contributed by atoms with Crippen LogP contribution in [0.1, 0.15) is 17.0 Å². The summed E-state index contributed by atoms with van der Waals surface area (Å²) in [5.74, 6) is 0.189. The molecule has 0 bridgehead atoms. The monoisotopic (exact) mass is 436 g/mol. The summed E-state index contributed by atoms with van der Waals surface area (Å²) in [7, 11) is 1.48. The van der Waals surface area contributed by atoms with Gasteiger partial charge in [-0.15, -0.1) is 0 Å². The van der Waals surface area contributed by atoms with Crippen LogP contribution in [0.2, 0.25) is 0 Å². The van der Waals surface area contributed by atoms with Crippen LogP contribution in [0.5, 0.6) is 17.4 Å². The number of fused-ring (bicyclic) bond motifs is 1. The number of ether oxygens (including phenoxy) is 2. The normalized spacial score (nSPS) is 14.8. The van der Waals surface area contributed by atoms with E-state index in [4.69, 9.17) is 20.3 Å². The van der Waals surface area contributed by atoms with Gasteiger partial charge in [-0.2, -0.15) is 15.0 Å². The molecular formula is C26H20N4O3. The molecule has 1 aliphatic heterocycles. The fraction of sp³-hybridized carbons (Fsp3) is 0.0769. The van der Waals surface area contributed by atoms with Gasteiger partial charge in [0.1, 0.15) is 17.3 Å². The minimum atomic E-state index is -0.569. The number of nitrogens with zero attached hydrogens (tertiary/aromatic N) is 3. The van der Waals surface area contributed by atoms with E-state index in [1.165, 1.54) is 13.2 Å². The van der Waals surface area contributed by atoms with E-state index in [9.17, 15) is 10.4 Å². The SMILES string of the molecule is COc1cc([C@@H]2C(C#N)=C(N)Oc3c2c(-c2ccccc2)nn3-c2ccccc2)ccc1O. The number of aromatic hydroxyl groups is 1. The van der Waals surface area contributed by atoms with Crippen molar-refractivity contribution in [3.05, 3.63) is 101 Å². The average Bonchev–Trinajstić information content (AvgIpc) is 3.23. The molecule has 3 N–H and O–H groups in total. The Balaban J connectivity index is 1.83. The Morgan fingerprint density at radius 2 is 1.76 bits per heavy atom. The highest BCUT2D eigenvalue weighted by molar-refractivity contribution is 5.72. The lowest BCUT2D eigenvalue weighted by Crippen LogP contribution is -2.22. The predicted octanol–water partition coefficient (Wildman–Crippen LogP) is 4.47. The Bertz CT molecular complexity index is 1400. The summed E-state index contributed by atoms with van der Waals surface area (Å²) in [5, 5.41) is 25.0. The number of nitriles is 1. The number of benzene rings is 3. The highest BCUT2D eigenvalue weighted by atomic mass is 16.5. The lowest BCUT2D eigenvalue weighted by molar-refractivity contribution is 0.365. The van der Waals surface area contributed by atoms with Crippen LogP contribution >= 0.6 is 0 Å². The number of para-hydroxylation sites is 1. The van der Waals surface area contributed by atoms with E-state index in [0.29, 0.717) is 22.9 Å². The van der Waals surface area contributed by atoms with E-state index in [1.54, 1.807) is 16.8 Å². The number of phenolic OH excluding ortho intramolecular Hbond substituents is 1. The molecule has 7 heteroatoms. The van der Waals surface area contributed by atoms with E-state index in [1.807, 2.05) is 60.7 Å². The summed E-state index contributed by atoms with van der Waals surface area (Å²) in [6, 6.07) is 26.5. The first-order valence-corrected chi connectivity index (χ1v) is 10.3. The van der Waals surface area contributed by atoms with Crippen molar-refractivity contribution >= 4 is 0 Å². The van der Waals surface area contributed by atoms with Crippen molar-refractivity contribution in [1.82, 2.24) is 9.78 Å². The highest BCUT2D eigenvalue weighted by Crippen LogP contribution is 2.48. The number of hydrogen-bond acceptors (Lipinski definition) is 6. The number of rotatable bonds is 4. The number of hydrogen-bond donors (Lipinski definition) is 2. The zero-order valence-corrected chi connectivity index (χ0v) is 17.8. The second-order valence-corrected chi connectivity index (χ2v) is 7.54. The van der Waals surface area contributed by atoms with Gasteiger partial charge < -0.3 is 20.3 Å². The molecule has 0 fully saturated rings. The molecule has 0 aliphatic carbocycles. The van der Waals surface area contributed by atoms with Crippen molar-refractivity contribution in [2.45, 2.75) is 5.92 Å². The third-order valence-electron chi connectivity index (χ3n) is 5.63. The van der Waals surface area contributed by atoms with Crippen LogP contribution in [0.15, 0.2) is 90.3 Å². The summed E-state index contributed by atoms with van der Waals surface area (Å²) in [6.07, 6.45) is 0. The zero-order chi connectivity index (χ0) is 22.9. The number of phenols is 1. The molecule has 0 saturated heterocycles. The summed E-state index contributed by atoms with van der Waals surface area (Å²) in [5.41, 5.74) is 10.3. The molecule has 0 unspecified atom stereocenters. The van der Waals surface area contributed by atoms with Crippen LogP contribution in [0, 0.1) is 11.3 Å². The predicted molar refractivity (Wildman–Crippen MR) is 123 cm³/mol. The van der Waals surface area contributed by atoms with Gasteiger partial charge in [0.25, 0.3) is 0 Å². The molecule has 1 aromatic heterocycles. The molecule has 0 saturated carbocycles. The maximum absolute atomic E-state index is 10.1. The third-order valence-corrected chi connectivity index (χ3v) is 5.63. The highest BCUT2D eigenvalue weighted by Gasteiger charge is 2.38. The molecule has 1 atom stereocenters. The average molecular weight is 436 g/mol. The van der Waals surface area contributed by atoms with Crippen LogP contribution in [-0.4, -0.2) is 22.0 Å². The quantitative estimate of drug-likeness (QED) is 0.489. The fourth-order valence-electron chi connectivity index (χ4n) is 4.10. The lowest BCUT2D eigenvalue weighted by atomic mass is 9.83. The van der Waals surface area contributed by atoms with Crippen LogP contribution in [0.3, 0.4) is 0 Å². The second-order valence-electron chi connectivity index (χ2n) is 7.54. The Morgan fingerprint density at radius 1 is 1.06 bits per heavy atom. The van der Waals surface area contributed by atoms with Crippen molar-refractivity contribution in [2.75, 3.05) is 7.11 Å². The number of allylic oxidation sites excluding steroid dienone is 1. The zero-order valence-electron chi connectivity index (χ0n) is 17.8. The Kier molecular flexibility index (Phi) is 4.96. The molecule has 7 nitrogen and oxygen atoms in total. The standard InChI is InChI=1S/C26H20N4O3/c1-32-21-14-17(12-13-20(21)31)22-19(15-27)25(28)33-26-23(22)24(16-8-4-2-5-9-16)29-30(26)18-10-6-3-7-11-18/h2-14,22,31H,28H2,1H3/t22-/m1/s1. The molecule has 5 rings (SSSR count). The van der Waals surface area contributed by atoms with Crippen molar-refractivity contribution in [2.24, 2.45) is 5.73 Å². The van der Waals surface area contributed by atoms with Gasteiger partial charge in [0, 0.05) is 5.56 Å². The van der Waals surface area contributed by atoms with E-state index in [-0.39, 0.29) is 17.2 Å². The summed E-state index contributed by atoms with van der Waals surface area (Å²) < 4.78 is 13.0. The molecule has 4 aromatic rings. The molecular weight excluding hydrogens is 416 g/mol. The van der Waals surface area contributed by atoms with Crippen LogP contribution in [-0.2, 0) is 0 Å². The van der Waals surface area contributed by atoms with E-state index < -0.39 is 5.92 Å². The van der Waals surface area contributed by atoms with Gasteiger partial charge in [-0.05, 0) is 29.8 Å². The van der Waals surface area contributed by atoms with Crippen LogP contribution in [0.4, 0.5) is 0 Å². The first-order chi connectivity index (χ1) is 16.1. The van der Waals surface area contributed by atoms with E-state index in [0.717, 1.165) is 16.8 Å². The topological polar surface area (TPSA) is 106 Å². The lowest BCUT2D eigenvalue weighted by Gasteiger charge is -2.25.